The normalized spacial score (nSPS) is 19.5. The standard InChI is InChI=1S/C22H23N3O3/c1-14-6-5-11-25-13-19(24-20(14)25)15-7-4-8-16(12-15)23-21(26)17-9-2-3-10-18(17)22(27)28/h4-8,11-13,17-18H,2-3,9-10H2,1H3,(H,23,26)(H,27,28)/t17-,18-/m1/s1. The summed E-state index contributed by atoms with van der Waals surface area (Å²) in [6, 6.07) is 11.5. The van der Waals surface area contributed by atoms with E-state index in [9.17, 15) is 14.7 Å². The molecule has 2 atom stereocenters. The Hall–Kier alpha value is -3.15. The van der Waals surface area contributed by atoms with Crippen molar-refractivity contribution in [1.29, 1.82) is 0 Å². The molecule has 0 bridgehead atoms. The topological polar surface area (TPSA) is 83.7 Å². The highest BCUT2D eigenvalue weighted by Gasteiger charge is 2.35. The Morgan fingerprint density at radius 1 is 1.14 bits per heavy atom. The summed E-state index contributed by atoms with van der Waals surface area (Å²) in [4.78, 5) is 28.9. The van der Waals surface area contributed by atoms with Gasteiger partial charge in [0.1, 0.15) is 5.65 Å². The van der Waals surface area contributed by atoms with Gasteiger partial charge in [0.2, 0.25) is 5.91 Å². The minimum absolute atomic E-state index is 0.213. The number of hydrogen-bond acceptors (Lipinski definition) is 3. The molecule has 2 heterocycles. The third-order valence-electron chi connectivity index (χ3n) is 5.52. The van der Waals surface area contributed by atoms with E-state index in [1.54, 1.807) is 0 Å². The van der Waals surface area contributed by atoms with Gasteiger partial charge in [-0.2, -0.15) is 0 Å². The summed E-state index contributed by atoms with van der Waals surface area (Å²) in [5, 5.41) is 12.3. The molecule has 0 unspecified atom stereocenters. The van der Waals surface area contributed by atoms with Gasteiger partial charge in [0.15, 0.2) is 0 Å². The lowest BCUT2D eigenvalue weighted by Gasteiger charge is -2.27. The highest BCUT2D eigenvalue weighted by atomic mass is 16.4. The number of benzene rings is 1. The number of carbonyl (C=O) groups excluding carboxylic acids is 1. The molecular formula is C22H23N3O3. The van der Waals surface area contributed by atoms with E-state index in [1.807, 2.05) is 60.1 Å². The molecule has 1 aromatic carbocycles. The van der Waals surface area contributed by atoms with E-state index in [-0.39, 0.29) is 5.91 Å². The first kappa shape index (κ1) is 18.2. The zero-order valence-corrected chi connectivity index (χ0v) is 15.8. The summed E-state index contributed by atoms with van der Waals surface area (Å²) in [6.07, 6.45) is 6.86. The molecule has 1 aliphatic carbocycles. The van der Waals surface area contributed by atoms with Gasteiger partial charge in [-0.1, -0.05) is 31.0 Å². The molecule has 2 N–H and O–H groups in total. The van der Waals surface area contributed by atoms with E-state index in [0.717, 1.165) is 35.3 Å². The Kier molecular flexibility index (Phi) is 4.86. The van der Waals surface area contributed by atoms with Crippen molar-refractivity contribution in [2.45, 2.75) is 32.6 Å². The van der Waals surface area contributed by atoms with E-state index < -0.39 is 17.8 Å². The quantitative estimate of drug-likeness (QED) is 0.716. The Bertz CT molecular complexity index is 1040. The summed E-state index contributed by atoms with van der Waals surface area (Å²) >= 11 is 0. The van der Waals surface area contributed by atoms with E-state index >= 15 is 0 Å². The second-order valence-electron chi connectivity index (χ2n) is 7.45. The minimum Gasteiger partial charge on any atom is -0.481 e. The number of aromatic nitrogens is 2. The van der Waals surface area contributed by atoms with E-state index in [1.165, 1.54) is 0 Å². The molecule has 3 aromatic rings. The highest BCUT2D eigenvalue weighted by molar-refractivity contribution is 5.95. The van der Waals surface area contributed by atoms with Crippen molar-refractivity contribution < 1.29 is 14.7 Å². The van der Waals surface area contributed by atoms with Crippen LogP contribution in [0.4, 0.5) is 5.69 Å². The number of nitrogens with zero attached hydrogens (tertiary/aromatic N) is 2. The molecule has 6 nitrogen and oxygen atoms in total. The first-order valence-electron chi connectivity index (χ1n) is 9.61. The number of rotatable bonds is 4. The van der Waals surface area contributed by atoms with Crippen molar-refractivity contribution in [3.8, 4) is 11.3 Å². The number of carboxylic acids is 1. The second kappa shape index (κ2) is 7.46. The van der Waals surface area contributed by atoms with Gasteiger partial charge in [0.25, 0.3) is 0 Å². The summed E-state index contributed by atoms with van der Waals surface area (Å²) in [6.45, 7) is 2.02. The van der Waals surface area contributed by atoms with E-state index in [4.69, 9.17) is 4.98 Å². The first-order valence-corrected chi connectivity index (χ1v) is 9.61. The summed E-state index contributed by atoms with van der Waals surface area (Å²) in [5.74, 6) is -2.17. The average molecular weight is 377 g/mol. The number of carboxylic acid groups (broad SMARTS) is 1. The van der Waals surface area contributed by atoms with Gasteiger partial charge in [0.05, 0.1) is 17.5 Å². The Morgan fingerprint density at radius 2 is 1.93 bits per heavy atom. The largest absolute Gasteiger partial charge is 0.481 e. The van der Waals surface area contributed by atoms with Crippen LogP contribution in [0.1, 0.15) is 31.2 Å². The number of imidazole rings is 1. The third-order valence-corrected chi connectivity index (χ3v) is 5.52. The van der Waals surface area contributed by atoms with Crippen LogP contribution >= 0.6 is 0 Å². The Labute approximate surface area is 163 Å². The fourth-order valence-electron chi connectivity index (χ4n) is 4.02. The maximum absolute atomic E-state index is 12.7. The number of anilines is 1. The van der Waals surface area contributed by atoms with Crippen LogP contribution in [0, 0.1) is 18.8 Å². The molecule has 0 radical (unpaired) electrons. The number of amides is 1. The fourth-order valence-corrected chi connectivity index (χ4v) is 4.02. The number of nitrogens with one attached hydrogen (secondary N) is 1. The van der Waals surface area contributed by atoms with Crippen LogP contribution in [-0.4, -0.2) is 26.4 Å². The molecule has 0 saturated heterocycles. The molecular weight excluding hydrogens is 354 g/mol. The molecule has 1 aliphatic rings. The molecule has 0 aliphatic heterocycles. The number of hydrogen-bond donors (Lipinski definition) is 2. The molecule has 1 saturated carbocycles. The Morgan fingerprint density at radius 3 is 2.68 bits per heavy atom. The van der Waals surface area contributed by atoms with Crippen LogP contribution in [-0.2, 0) is 9.59 Å². The van der Waals surface area contributed by atoms with Crippen molar-refractivity contribution in [2.75, 3.05) is 5.32 Å². The van der Waals surface area contributed by atoms with Gasteiger partial charge < -0.3 is 14.8 Å². The zero-order chi connectivity index (χ0) is 19.7. The highest BCUT2D eigenvalue weighted by Crippen LogP contribution is 2.32. The van der Waals surface area contributed by atoms with Gasteiger partial charge in [-0.15, -0.1) is 0 Å². The van der Waals surface area contributed by atoms with Gasteiger partial charge in [-0.25, -0.2) is 4.98 Å². The fraction of sp³-hybridized carbons (Fsp3) is 0.318. The van der Waals surface area contributed by atoms with Crippen LogP contribution in [0.25, 0.3) is 16.9 Å². The predicted octanol–water partition coefficient (Wildman–Crippen LogP) is 4.14. The van der Waals surface area contributed by atoms with E-state index in [2.05, 4.69) is 5.32 Å². The molecule has 1 fully saturated rings. The number of aliphatic carboxylic acids is 1. The van der Waals surface area contributed by atoms with Gasteiger partial charge >= 0.3 is 5.97 Å². The van der Waals surface area contributed by atoms with Crippen molar-refractivity contribution in [3.63, 3.8) is 0 Å². The van der Waals surface area contributed by atoms with Gasteiger partial charge in [-0.3, -0.25) is 9.59 Å². The van der Waals surface area contributed by atoms with Crippen molar-refractivity contribution >= 4 is 23.2 Å². The Balaban J connectivity index is 1.57. The molecule has 6 heteroatoms. The molecule has 1 amide bonds. The molecule has 0 spiro atoms. The summed E-state index contributed by atoms with van der Waals surface area (Å²) < 4.78 is 1.98. The van der Waals surface area contributed by atoms with Crippen LogP contribution in [0.2, 0.25) is 0 Å². The second-order valence-corrected chi connectivity index (χ2v) is 7.45. The monoisotopic (exact) mass is 377 g/mol. The summed E-state index contributed by atoms with van der Waals surface area (Å²) in [5.41, 5.74) is 4.38. The maximum atomic E-state index is 12.7. The van der Waals surface area contributed by atoms with Crippen molar-refractivity contribution in [3.05, 3.63) is 54.4 Å². The smallest absolute Gasteiger partial charge is 0.307 e. The van der Waals surface area contributed by atoms with E-state index in [0.29, 0.717) is 18.5 Å². The summed E-state index contributed by atoms with van der Waals surface area (Å²) in [7, 11) is 0. The lowest BCUT2D eigenvalue weighted by molar-refractivity contribution is -0.147. The van der Waals surface area contributed by atoms with Crippen LogP contribution in [0.5, 0.6) is 0 Å². The SMILES string of the molecule is Cc1cccn2cc(-c3cccc(NC(=O)[C@@H]4CCCC[C@H]4C(=O)O)c3)nc12. The molecule has 4 rings (SSSR count). The van der Waals surface area contributed by atoms with Crippen molar-refractivity contribution in [1.82, 2.24) is 9.38 Å². The average Bonchev–Trinajstić information content (AvgIpc) is 3.14. The number of aryl methyl sites for hydroxylation is 1. The number of fused-ring (bicyclic) bond motifs is 1. The minimum atomic E-state index is -0.881. The lowest BCUT2D eigenvalue weighted by atomic mass is 9.78. The van der Waals surface area contributed by atoms with Crippen molar-refractivity contribution in [2.24, 2.45) is 11.8 Å². The van der Waals surface area contributed by atoms with Crippen LogP contribution in [0.3, 0.4) is 0 Å². The predicted molar refractivity (Wildman–Crippen MR) is 107 cm³/mol. The van der Waals surface area contributed by atoms with Crippen LogP contribution < -0.4 is 5.32 Å². The van der Waals surface area contributed by atoms with Gasteiger partial charge in [-0.05, 0) is 43.5 Å². The number of pyridine rings is 1. The third kappa shape index (κ3) is 3.50. The molecule has 28 heavy (non-hydrogen) atoms. The van der Waals surface area contributed by atoms with Gasteiger partial charge in [0, 0.05) is 23.6 Å². The maximum Gasteiger partial charge on any atom is 0.307 e. The molecule has 144 valence electrons. The number of carbonyl (C=O) groups is 2. The lowest BCUT2D eigenvalue weighted by Crippen LogP contribution is -2.36. The molecule has 2 aromatic heterocycles. The van der Waals surface area contributed by atoms with Crippen LogP contribution in [0.15, 0.2) is 48.8 Å². The first-order chi connectivity index (χ1) is 13.5. The zero-order valence-electron chi connectivity index (χ0n) is 15.8.